The highest BCUT2D eigenvalue weighted by Crippen LogP contribution is 2.43. The van der Waals surface area contributed by atoms with Gasteiger partial charge >= 0.3 is 19.8 Å². The van der Waals surface area contributed by atoms with Gasteiger partial charge in [0.05, 0.1) is 13.2 Å². The van der Waals surface area contributed by atoms with Gasteiger partial charge in [-0.05, 0) is 44.9 Å². The molecule has 0 fully saturated rings. The number of carboxylic acid groups (broad SMARTS) is 1. The zero-order valence-corrected chi connectivity index (χ0v) is 37.0. The molecule has 0 saturated heterocycles. The SMILES string of the molecule is CCCCC/C=C\C/C=C\CCCCCCCCCCCC(=O)NC(COP(=O)(O)OCC(O)COC(=O)CCCCCCCCCCCCCCCC)C(=O)O. The van der Waals surface area contributed by atoms with Crippen LogP contribution in [0.25, 0.3) is 0 Å². The van der Waals surface area contributed by atoms with Crippen molar-refractivity contribution in [3.63, 3.8) is 0 Å². The van der Waals surface area contributed by atoms with E-state index in [-0.39, 0.29) is 12.8 Å². The highest BCUT2D eigenvalue weighted by Gasteiger charge is 2.28. The Bertz CT molecular complexity index is 1070. The van der Waals surface area contributed by atoms with E-state index in [1.165, 1.54) is 116 Å². The van der Waals surface area contributed by atoms with Gasteiger partial charge in [0, 0.05) is 12.8 Å². The van der Waals surface area contributed by atoms with Crippen LogP contribution in [0.15, 0.2) is 24.3 Å². The second-order valence-corrected chi connectivity index (χ2v) is 17.0. The second-order valence-electron chi connectivity index (χ2n) is 15.6. The highest BCUT2D eigenvalue weighted by molar-refractivity contribution is 7.47. The molecule has 0 spiro atoms. The van der Waals surface area contributed by atoms with Gasteiger partial charge in [-0.1, -0.05) is 179 Å². The lowest BCUT2D eigenvalue weighted by molar-refractivity contribution is -0.147. The minimum absolute atomic E-state index is 0.142. The van der Waals surface area contributed by atoms with Gasteiger partial charge in [-0.25, -0.2) is 9.36 Å². The second kappa shape index (κ2) is 40.7. The van der Waals surface area contributed by atoms with Crippen molar-refractivity contribution >= 4 is 25.7 Å². The fourth-order valence-corrected chi connectivity index (χ4v) is 7.18. The van der Waals surface area contributed by atoms with Crippen molar-refractivity contribution < 1.29 is 47.8 Å². The number of allylic oxidation sites excluding steroid dienone is 4. The maximum atomic E-state index is 12.3. The van der Waals surface area contributed by atoms with Gasteiger partial charge in [-0.15, -0.1) is 0 Å². The zero-order chi connectivity index (χ0) is 42.1. The van der Waals surface area contributed by atoms with Crippen molar-refractivity contribution in [2.75, 3.05) is 19.8 Å². The summed E-state index contributed by atoms with van der Waals surface area (Å²) in [4.78, 5) is 45.9. The molecule has 0 aliphatic rings. The summed E-state index contributed by atoms with van der Waals surface area (Å²) in [5, 5.41) is 21.8. The molecule has 57 heavy (non-hydrogen) atoms. The molecule has 0 bridgehead atoms. The predicted octanol–water partition coefficient (Wildman–Crippen LogP) is 11.8. The van der Waals surface area contributed by atoms with Crippen molar-refractivity contribution in [2.45, 2.75) is 225 Å². The Hall–Kier alpha value is -2.04. The average molecular weight is 830 g/mol. The summed E-state index contributed by atoms with van der Waals surface area (Å²) in [6.45, 7) is 2.58. The maximum Gasteiger partial charge on any atom is 0.472 e. The lowest BCUT2D eigenvalue weighted by Crippen LogP contribution is -2.43. The molecule has 1 amide bonds. The van der Waals surface area contributed by atoms with E-state index >= 15 is 0 Å². The summed E-state index contributed by atoms with van der Waals surface area (Å²) in [6, 6.07) is -1.55. The van der Waals surface area contributed by atoms with Crippen LogP contribution >= 0.6 is 7.82 Å². The van der Waals surface area contributed by atoms with Gasteiger partial charge in [0.25, 0.3) is 0 Å². The summed E-state index contributed by atoms with van der Waals surface area (Å²) in [6.07, 6.45) is 41.9. The van der Waals surface area contributed by atoms with E-state index in [0.29, 0.717) is 12.8 Å². The third-order valence-corrected chi connectivity index (χ3v) is 10.9. The van der Waals surface area contributed by atoms with E-state index in [4.69, 9.17) is 13.8 Å². The molecule has 0 aliphatic carbocycles. The van der Waals surface area contributed by atoms with E-state index in [0.717, 1.165) is 57.8 Å². The number of hydrogen-bond acceptors (Lipinski definition) is 8. The number of aliphatic carboxylic acids is 1. The lowest BCUT2D eigenvalue weighted by Gasteiger charge is -2.18. The number of hydrogen-bond donors (Lipinski definition) is 4. The van der Waals surface area contributed by atoms with Crippen molar-refractivity contribution in [3.05, 3.63) is 24.3 Å². The van der Waals surface area contributed by atoms with Crippen LogP contribution in [0.1, 0.15) is 213 Å². The fraction of sp³-hybridized carbons (Fsp3) is 0.844. The van der Waals surface area contributed by atoms with E-state index in [9.17, 15) is 34.1 Å². The Labute approximate surface area is 347 Å². The monoisotopic (exact) mass is 830 g/mol. The summed E-state index contributed by atoms with van der Waals surface area (Å²) in [7, 11) is -4.75. The van der Waals surface area contributed by atoms with Crippen molar-refractivity contribution in [1.82, 2.24) is 5.32 Å². The molecule has 0 aromatic heterocycles. The standard InChI is InChI=1S/C45H84NO10P/c1-3-5-7-9-11-13-15-17-19-20-21-22-23-24-26-28-30-32-34-36-43(48)46-42(45(50)51)40-56-57(52,53)55-39-41(47)38-54-44(49)37-35-33-31-29-27-25-18-16-14-12-10-8-6-4-2/h11,13,17,19,41-42,47H,3-10,12,14-16,18,20-40H2,1-2H3,(H,46,48)(H,50,51)(H,52,53)/b13-11-,19-17-. The van der Waals surface area contributed by atoms with Gasteiger partial charge < -0.3 is 25.2 Å². The largest absolute Gasteiger partial charge is 0.480 e. The maximum absolute atomic E-state index is 12.3. The number of aliphatic hydroxyl groups excluding tert-OH is 1. The third kappa shape index (κ3) is 40.5. The molecule has 0 saturated carbocycles. The number of aliphatic hydroxyl groups is 1. The number of carbonyl (C=O) groups is 3. The molecule has 3 atom stereocenters. The summed E-state index contributed by atoms with van der Waals surface area (Å²) >= 11 is 0. The number of carbonyl (C=O) groups excluding carboxylic acids is 2. The average Bonchev–Trinajstić information content (AvgIpc) is 3.18. The Morgan fingerprint density at radius 3 is 1.46 bits per heavy atom. The molecular formula is C45H84NO10P. The number of rotatable bonds is 43. The third-order valence-electron chi connectivity index (χ3n) is 9.99. The predicted molar refractivity (Wildman–Crippen MR) is 231 cm³/mol. The number of amides is 1. The number of ether oxygens (including phenoxy) is 1. The van der Waals surface area contributed by atoms with Crippen LogP contribution < -0.4 is 5.32 Å². The molecule has 3 unspecified atom stereocenters. The molecule has 12 heteroatoms. The zero-order valence-electron chi connectivity index (χ0n) is 36.2. The minimum atomic E-state index is -4.75. The summed E-state index contributed by atoms with van der Waals surface area (Å²) < 4.78 is 26.9. The smallest absolute Gasteiger partial charge is 0.472 e. The van der Waals surface area contributed by atoms with E-state index in [1.807, 2.05) is 0 Å². The Kier molecular flexibility index (Phi) is 39.3. The van der Waals surface area contributed by atoms with Crippen molar-refractivity contribution in [2.24, 2.45) is 0 Å². The lowest BCUT2D eigenvalue weighted by atomic mass is 10.0. The van der Waals surface area contributed by atoms with Gasteiger partial charge in [0.2, 0.25) is 5.91 Å². The van der Waals surface area contributed by atoms with Crippen LogP contribution in [0.2, 0.25) is 0 Å². The number of phosphoric ester groups is 1. The van der Waals surface area contributed by atoms with Crippen LogP contribution in [-0.4, -0.2) is 64.9 Å². The van der Waals surface area contributed by atoms with E-state index in [2.05, 4.69) is 43.5 Å². The van der Waals surface area contributed by atoms with Crippen LogP contribution in [0.3, 0.4) is 0 Å². The van der Waals surface area contributed by atoms with Crippen LogP contribution in [0.5, 0.6) is 0 Å². The van der Waals surface area contributed by atoms with Gasteiger partial charge in [0.15, 0.2) is 6.04 Å². The first-order valence-corrected chi connectivity index (χ1v) is 24.4. The molecule has 4 N–H and O–H groups in total. The number of esters is 1. The topological polar surface area (TPSA) is 169 Å². The van der Waals surface area contributed by atoms with Crippen molar-refractivity contribution in [3.8, 4) is 0 Å². The summed E-state index contributed by atoms with van der Waals surface area (Å²) in [5.74, 6) is -2.37. The molecule has 0 aromatic rings. The first-order chi connectivity index (χ1) is 27.6. The van der Waals surface area contributed by atoms with E-state index < -0.39 is 57.6 Å². The molecule has 0 aromatic carbocycles. The van der Waals surface area contributed by atoms with Crippen molar-refractivity contribution in [1.29, 1.82) is 0 Å². The molecule has 11 nitrogen and oxygen atoms in total. The molecule has 0 rings (SSSR count). The molecule has 0 heterocycles. The first kappa shape index (κ1) is 55.0. The van der Waals surface area contributed by atoms with Gasteiger partial charge in [-0.2, -0.15) is 0 Å². The quantitative estimate of drug-likeness (QED) is 0.0201. The van der Waals surface area contributed by atoms with E-state index in [1.54, 1.807) is 0 Å². The molecule has 0 aliphatic heterocycles. The Morgan fingerprint density at radius 1 is 0.561 bits per heavy atom. The first-order valence-electron chi connectivity index (χ1n) is 22.9. The molecular weight excluding hydrogens is 745 g/mol. The van der Waals surface area contributed by atoms with Gasteiger partial charge in [-0.3, -0.25) is 18.6 Å². The number of phosphoric acid groups is 1. The minimum Gasteiger partial charge on any atom is -0.480 e. The van der Waals surface area contributed by atoms with Crippen LogP contribution in [0, 0.1) is 0 Å². The number of carboxylic acids is 1. The summed E-state index contributed by atoms with van der Waals surface area (Å²) in [5.41, 5.74) is 0. The van der Waals surface area contributed by atoms with Crippen LogP contribution in [0.4, 0.5) is 0 Å². The number of nitrogens with one attached hydrogen (secondary N) is 1. The molecule has 0 radical (unpaired) electrons. The highest BCUT2D eigenvalue weighted by atomic mass is 31.2. The van der Waals surface area contributed by atoms with Crippen LogP contribution in [-0.2, 0) is 32.7 Å². The van der Waals surface area contributed by atoms with Gasteiger partial charge in [0.1, 0.15) is 12.7 Å². The normalized spacial score (nSPS) is 13.9. The Balaban J connectivity index is 3.88. The Morgan fingerprint density at radius 2 is 0.965 bits per heavy atom. The fourth-order valence-electron chi connectivity index (χ4n) is 6.40. The number of unbranched alkanes of at least 4 members (excludes halogenated alkanes) is 25. The molecule has 334 valence electrons.